The van der Waals surface area contributed by atoms with Gasteiger partial charge in [-0.2, -0.15) is 0 Å². The smallest absolute Gasteiger partial charge is 0.145 e. The van der Waals surface area contributed by atoms with E-state index in [1.165, 1.54) is 6.07 Å². The second-order valence-corrected chi connectivity index (χ2v) is 5.42. The summed E-state index contributed by atoms with van der Waals surface area (Å²) in [6, 6.07) is 4.86. The molecule has 0 spiro atoms. The van der Waals surface area contributed by atoms with Crippen molar-refractivity contribution in [3.05, 3.63) is 34.6 Å². The quantitative estimate of drug-likeness (QED) is 0.891. The van der Waals surface area contributed by atoms with E-state index in [4.69, 9.17) is 16.3 Å². The molecule has 1 N–H and O–H groups in total. The van der Waals surface area contributed by atoms with Crippen LogP contribution in [0, 0.1) is 5.82 Å². The molecule has 100 valence electrons. The van der Waals surface area contributed by atoms with Crippen molar-refractivity contribution in [2.75, 3.05) is 7.11 Å². The molecule has 1 atom stereocenters. The molecule has 0 amide bonds. The zero-order valence-electron chi connectivity index (χ0n) is 10.5. The predicted octanol–water partition coefficient (Wildman–Crippen LogP) is 3.34. The molecule has 1 aromatic carbocycles. The van der Waals surface area contributed by atoms with Gasteiger partial charge in [0, 0.05) is 20.0 Å². The molecular formula is C14H18ClFO2. The van der Waals surface area contributed by atoms with Gasteiger partial charge in [-0.05, 0) is 30.9 Å². The van der Waals surface area contributed by atoms with Crippen molar-refractivity contribution in [2.24, 2.45) is 0 Å². The lowest BCUT2D eigenvalue weighted by atomic mass is 9.75. The van der Waals surface area contributed by atoms with Gasteiger partial charge in [-0.25, -0.2) is 4.39 Å². The maximum absolute atomic E-state index is 13.7. The zero-order valence-corrected chi connectivity index (χ0v) is 11.2. The van der Waals surface area contributed by atoms with Gasteiger partial charge in [-0.1, -0.05) is 23.7 Å². The first-order valence-electron chi connectivity index (χ1n) is 6.22. The lowest BCUT2D eigenvalue weighted by molar-refractivity contribution is -0.0989. The van der Waals surface area contributed by atoms with Crippen LogP contribution in [0.15, 0.2) is 18.2 Å². The first-order chi connectivity index (χ1) is 8.56. The van der Waals surface area contributed by atoms with Crippen LogP contribution < -0.4 is 0 Å². The molecule has 0 aromatic heterocycles. The van der Waals surface area contributed by atoms with E-state index in [-0.39, 0.29) is 17.0 Å². The van der Waals surface area contributed by atoms with E-state index in [0.29, 0.717) is 12.0 Å². The minimum absolute atomic E-state index is 0.102. The van der Waals surface area contributed by atoms with Crippen LogP contribution in [0.4, 0.5) is 4.39 Å². The van der Waals surface area contributed by atoms with Gasteiger partial charge in [0.05, 0.1) is 16.7 Å². The van der Waals surface area contributed by atoms with Gasteiger partial charge in [-0.15, -0.1) is 0 Å². The van der Waals surface area contributed by atoms with E-state index in [9.17, 15) is 9.50 Å². The molecule has 1 aliphatic carbocycles. The molecule has 1 aliphatic rings. The van der Waals surface area contributed by atoms with Crippen molar-refractivity contribution in [3.63, 3.8) is 0 Å². The number of aliphatic hydroxyl groups is 1. The van der Waals surface area contributed by atoms with E-state index >= 15 is 0 Å². The lowest BCUT2D eigenvalue weighted by Gasteiger charge is -2.41. The summed E-state index contributed by atoms with van der Waals surface area (Å²) in [6.07, 6.45) is 3.30. The maximum atomic E-state index is 13.7. The van der Waals surface area contributed by atoms with Crippen LogP contribution in [0.2, 0.25) is 5.02 Å². The Bertz CT molecular complexity index is 413. The zero-order chi connectivity index (χ0) is 13.2. The molecule has 0 heterocycles. The monoisotopic (exact) mass is 272 g/mol. The van der Waals surface area contributed by atoms with Gasteiger partial charge < -0.3 is 9.84 Å². The average Bonchev–Trinajstić information content (AvgIpc) is 2.30. The summed E-state index contributed by atoms with van der Waals surface area (Å²) in [4.78, 5) is 0. The third kappa shape index (κ3) is 2.85. The van der Waals surface area contributed by atoms with Crippen LogP contribution in [0.25, 0.3) is 0 Å². The van der Waals surface area contributed by atoms with Gasteiger partial charge in [0.1, 0.15) is 5.82 Å². The van der Waals surface area contributed by atoms with E-state index in [1.807, 2.05) is 0 Å². The second kappa shape index (κ2) is 5.55. The summed E-state index contributed by atoms with van der Waals surface area (Å²) in [5.74, 6) is -0.432. The molecule has 1 saturated carbocycles. The van der Waals surface area contributed by atoms with Crippen molar-refractivity contribution in [1.29, 1.82) is 0 Å². The number of aliphatic hydroxyl groups excluding tert-OH is 1. The molecule has 0 bridgehead atoms. The third-order valence-electron chi connectivity index (χ3n) is 3.79. The Morgan fingerprint density at radius 3 is 2.78 bits per heavy atom. The van der Waals surface area contributed by atoms with Crippen molar-refractivity contribution >= 4 is 11.6 Å². The third-order valence-corrected chi connectivity index (χ3v) is 4.08. The van der Waals surface area contributed by atoms with Gasteiger partial charge in [0.25, 0.3) is 0 Å². The normalized spacial score (nSPS) is 19.3. The summed E-state index contributed by atoms with van der Waals surface area (Å²) in [6.45, 7) is 0. The fourth-order valence-electron chi connectivity index (χ4n) is 2.52. The van der Waals surface area contributed by atoms with Crippen LogP contribution >= 0.6 is 11.6 Å². The molecule has 2 nitrogen and oxygen atoms in total. The van der Waals surface area contributed by atoms with E-state index in [0.717, 1.165) is 19.3 Å². The number of benzene rings is 1. The molecule has 1 unspecified atom stereocenters. The fourth-order valence-corrected chi connectivity index (χ4v) is 2.72. The molecule has 4 heteroatoms. The molecule has 0 aliphatic heterocycles. The highest BCUT2D eigenvalue weighted by molar-refractivity contribution is 6.30. The number of rotatable bonds is 5. The summed E-state index contributed by atoms with van der Waals surface area (Å²) in [7, 11) is 1.67. The molecule has 0 radical (unpaired) electrons. The first kappa shape index (κ1) is 13.8. The van der Waals surface area contributed by atoms with E-state index < -0.39 is 11.9 Å². The minimum Gasteiger partial charge on any atom is -0.393 e. The molecule has 1 aromatic rings. The Labute approximate surface area is 112 Å². The molecular weight excluding hydrogens is 255 g/mol. The van der Waals surface area contributed by atoms with Gasteiger partial charge in [0.2, 0.25) is 0 Å². The van der Waals surface area contributed by atoms with Crippen LogP contribution in [-0.4, -0.2) is 23.9 Å². The predicted molar refractivity (Wildman–Crippen MR) is 69.3 cm³/mol. The van der Waals surface area contributed by atoms with Crippen LogP contribution in [0.3, 0.4) is 0 Å². The second-order valence-electron chi connectivity index (χ2n) is 5.02. The van der Waals surface area contributed by atoms with Gasteiger partial charge in [-0.3, -0.25) is 0 Å². The number of methoxy groups -OCH3 is 1. The Morgan fingerprint density at radius 1 is 1.50 bits per heavy atom. The molecule has 2 rings (SSSR count). The number of halogens is 2. The Kier molecular flexibility index (Phi) is 4.25. The van der Waals surface area contributed by atoms with Gasteiger partial charge in [0.15, 0.2) is 0 Å². The van der Waals surface area contributed by atoms with Crippen molar-refractivity contribution in [1.82, 2.24) is 0 Å². The highest BCUT2D eigenvalue weighted by atomic mass is 35.5. The number of hydrogen-bond donors (Lipinski definition) is 1. The van der Waals surface area contributed by atoms with Crippen molar-refractivity contribution < 1.29 is 14.2 Å². The standard InChI is InChI=1S/C14H18ClFO2/c1-18-14(6-3-7-14)9-11(17)8-10-4-2-5-12(15)13(10)16/h2,4-5,11,17H,3,6-9H2,1H3. The topological polar surface area (TPSA) is 29.5 Å². The molecule has 0 saturated heterocycles. The maximum Gasteiger partial charge on any atom is 0.145 e. The molecule has 1 fully saturated rings. The van der Waals surface area contributed by atoms with E-state index in [1.54, 1.807) is 19.2 Å². The first-order valence-corrected chi connectivity index (χ1v) is 6.60. The van der Waals surface area contributed by atoms with Crippen molar-refractivity contribution in [2.45, 2.75) is 43.8 Å². The molecule has 18 heavy (non-hydrogen) atoms. The van der Waals surface area contributed by atoms with Crippen LogP contribution in [0.5, 0.6) is 0 Å². The summed E-state index contributed by atoms with van der Waals surface area (Å²) in [5.41, 5.74) is 0.259. The fraction of sp³-hybridized carbons (Fsp3) is 0.571. The number of ether oxygens (including phenoxy) is 1. The lowest BCUT2D eigenvalue weighted by Crippen LogP contribution is -2.42. The Hall–Kier alpha value is -0.640. The Morgan fingerprint density at radius 2 is 2.22 bits per heavy atom. The minimum atomic E-state index is -0.599. The summed E-state index contributed by atoms with van der Waals surface area (Å²) in [5, 5.41) is 10.2. The summed E-state index contributed by atoms with van der Waals surface area (Å²) >= 11 is 5.71. The van der Waals surface area contributed by atoms with Crippen LogP contribution in [-0.2, 0) is 11.2 Å². The highest BCUT2D eigenvalue weighted by Crippen LogP contribution is 2.39. The van der Waals surface area contributed by atoms with Crippen molar-refractivity contribution in [3.8, 4) is 0 Å². The van der Waals surface area contributed by atoms with E-state index in [2.05, 4.69) is 0 Å². The average molecular weight is 273 g/mol. The Balaban J connectivity index is 1.98. The number of hydrogen-bond acceptors (Lipinski definition) is 2. The summed E-state index contributed by atoms with van der Waals surface area (Å²) < 4.78 is 19.2. The largest absolute Gasteiger partial charge is 0.393 e. The van der Waals surface area contributed by atoms with Crippen LogP contribution in [0.1, 0.15) is 31.2 Å². The highest BCUT2D eigenvalue weighted by Gasteiger charge is 2.38. The van der Waals surface area contributed by atoms with Gasteiger partial charge >= 0.3 is 0 Å². The SMILES string of the molecule is COC1(CC(O)Cc2cccc(Cl)c2F)CCC1.